The Balaban J connectivity index is 1.64. The number of benzene rings is 1. The van der Waals surface area contributed by atoms with E-state index < -0.39 is 17.7 Å². The maximum absolute atomic E-state index is 13.0. The number of carbonyl (C=O) groups excluding carboxylic acids is 2. The van der Waals surface area contributed by atoms with Gasteiger partial charge in [-0.05, 0) is 32.4 Å². The Hall–Kier alpha value is -2.90. The van der Waals surface area contributed by atoms with Gasteiger partial charge in [0.15, 0.2) is 0 Å². The van der Waals surface area contributed by atoms with Gasteiger partial charge in [-0.25, -0.2) is 0 Å². The molecule has 1 unspecified atom stereocenters. The second-order valence-electron chi connectivity index (χ2n) is 8.11. The predicted octanol–water partition coefficient (Wildman–Crippen LogP) is 3.04. The highest BCUT2D eigenvalue weighted by molar-refractivity contribution is 6.46. The Kier molecular flexibility index (Phi) is 6.25. The van der Waals surface area contributed by atoms with Crippen LogP contribution in [-0.2, 0) is 14.3 Å². The molecule has 2 saturated heterocycles. The molecule has 0 spiro atoms. The number of hydrogen-bond acceptors (Lipinski definition) is 6. The van der Waals surface area contributed by atoms with Crippen LogP contribution in [0.3, 0.4) is 0 Å². The quantitative estimate of drug-likeness (QED) is 0.436. The van der Waals surface area contributed by atoms with Crippen molar-refractivity contribution in [3.63, 3.8) is 0 Å². The number of aliphatic hydroxyl groups is 1. The summed E-state index contributed by atoms with van der Waals surface area (Å²) in [7, 11) is 0. The molecule has 1 aromatic carbocycles. The first kappa shape index (κ1) is 21.3. The number of carbonyl (C=O) groups is 2. The fourth-order valence-electron chi connectivity index (χ4n) is 4.16. The van der Waals surface area contributed by atoms with Gasteiger partial charge in [-0.3, -0.25) is 14.5 Å². The maximum atomic E-state index is 13.0. The summed E-state index contributed by atoms with van der Waals surface area (Å²) >= 11 is 0. The summed E-state index contributed by atoms with van der Waals surface area (Å²) in [5.74, 6) is -0.285. The highest BCUT2D eigenvalue weighted by Crippen LogP contribution is 2.40. The van der Waals surface area contributed by atoms with E-state index in [1.165, 1.54) is 4.90 Å². The van der Waals surface area contributed by atoms with Gasteiger partial charge in [0, 0.05) is 31.7 Å². The van der Waals surface area contributed by atoms with E-state index in [4.69, 9.17) is 9.15 Å². The lowest BCUT2D eigenvalue weighted by atomic mass is 9.99. The van der Waals surface area contributed by atoms with Crippen LogP contribution in [0.2, 0.25) is 0 Å². The molecule has 7 heteroatoms. The van der Waals surface area contributed by atoms with Crippen LogP contribution in [0.4, 0.5) is 0 Å². The molecule has 0 aliphatic carbocycles. The predicted molar refractivity (Wildman–Crippen MR) is 116 cm³/mol. The summed E-state index contributed by atoms with van der Waals surface area (Å²) in [5.41, 5.74) is 1.62. The van der Waals surface area contributed by atoms with E-state index >= 15 is 0 Å². The summed E-state index contributed by atoms with van der Waals surface area (Å²) in [6.07, 6.45) is 0.716. The topological polar surface area (TPSA) is 83.2 Å². The zero-order valence-corrected chi connectivity index (χ0v) is 18.0. The summed E-state index contributed by atoms with van der Waals surface area (Å²) < 4.78 is 11.2. The average molecular weight is 424 g/mol. The number of likely N-dealkylation sites (tertiary alicyclic amines) is 1. The van der Waals surface area contributed by atoms with E-state index in [0.29, 0.717) is 43.3 Å². The molecule has 1 N–H and O–H groups in total. The van der Waals surface area contributed by atoms with Crippen molar-refractivity contribution in [2.24, 2.45) is 0 Å². The smallest absolute Gasteiger partial charge is 0.295 e. The zero-order chi connectivity index (χ0) is 22.0. The van der Waals surface area contributed by atoms with Crippen LogP contribution in [0.25, 0.3) is 5.76 Å². The molecule has 1 atom stereocenters. The monoisotopic (exact) mass is 424 g/mol. The van der Waals surface area contributed by atoms with Crippen molar-refractivity contribution in [1.82, 2.24) is 9.80 Å². The second kappa shape index (κ2) is 9.08. The van der Waals surface area contributed by atoms with Crippen molar-refractivity contribution >= 4 is 17.4 Å². The van der Waals surface area contributed by atoms with Crippen LogP contribution in [0.1, 0.15) is 35.1 Å². The number of aryl methyl sites for hydroxylation is 2. The van der Waals surface area contributed by atoms with Crippen molar-refractivity contribution in [3.8, 4) is 0 Å². The first-order valence-corrected chi connectivity index (χ1v) is 10.7. The molecular weight excluding hydrogens is 396 g/mol. The van der Waals surface area contributed by atoms with E-state index in [1.54, 1.807) is 24.3 Å². The standard InChI is InChI=1S/C24H28N2O5/c1-16-4-7-18(8-5-16)22(27)20-21(19-9-6-17(2)31-19)26(24(29)23(20)28)11-3-10-25-12-14-30-15-13-25/h4-9,21,27H,3,10-15H2,1-2H3/b22-20+. The fourth-order valence-corrected chi connectivity index (χ4v) is 4.16. The van der Waals surface area contributed by atoms with Crippen LogP contribution in [0.15, 0.2) is 46.4 Å². The lowest BCUT2D eigenvalue weighted by Crippen LogP contribution is -2.38. The van der Waals surface area contributed by atoms with E-state index in [-0.39, 0.29) is 11.3 Å². The van der Waals surface area contributed by atoms with Crippen LogP contribution >= 0.6 is 0 Å². The first-order chi connectivity index (χ1) is 15.0. The molecule has 0 saturated carbocycles. The van der Waals surface area contributed by atoms with Crippen molar-refractivity contribution in [1.29, 1.82) is 0 Å². The Bertz CT molecular complexity index is 986. The number of morpholine rings is 1. The van der Waals surface area contributed by atoms with Gasteiger partial charge in [0.05, 0.1) is 18.8 Å². The summed E-state index contributed by atoms with van der Waals surface area (Å²) in [4.78, 5) is 29.7. The molecule has 0 radical (unpaired) electrons. The number of rotatable bonds is 6. The van der Waals surface area contributed by atoms with E-state index in [0.717, 1.165) is 25.2 Å². The molecule has 1 amide bonds. The van der Waals surface area contributed by atoms with Crippen molar-refractivity contribution in [2.75, 3.05) is 39.4 Å². The first-order valence-electron chi connectivity index (χ1n) is 10.7. The summed E-state index contributed by atoms with van der Waals surface area (Å²) in [5, 5.41) is 11.0. The molecule has 2 aromatic rings. The normalized spacial score (nSPS) is 21.7. The molecule has 2 aliphatic rings. The molecule has 3 heterocycles. The number of furan rings is 1. The molecule has 1 aromatic heterocycles. The Morgan fingerprint density at radius 2 is 1.74 bits per heavy atom. The molecule has 31 heavy (non-hydrogen) atoms. The van der Waals surface area contributed by atoms with Crippen LogP contribution in [0.5, 0.6) is 0 Å². The Morgan fingerprint density at radius 1 is 1.03 bits per heavy atom. The highest BCUT2D eigenvalue weighted by atomic mass is 16.5. The molecule has 4 rings (SSSR count). The molecule has 2 aliphatic heterocycles. The van der Waals surface area contributed by atoms with Crippen molar-refractivity contribution in [2.45, 2.75) is 26.3 Å². The highest BCUT2D eigenvalue weighted by Gasteiger charge is 2.47. The molecule has 2 fully saturated rings. The third kappa shape index (κ3) is 4.43. The largest absolute Gasteiger partial charge is 0.507 e. The lowest BCUT2D eigenvalue weighted by molar-refractivity contribution is -0.140. The average Bonchev–Trinajstić information content (AvgIpc) is 3.30. The van der Waals surface area contributed by atoms with Crippen molar-refractivity contribution < 1.29 is 23.8 Å². The van der Waals surface area contributed by atoms with Gasteiger partial charge in [-0.1, -0.05) is 29.8 Å². The molecule has 164 valence electrons. The Morgan fingerprint density at radius 3 is 2.39 bits per heavy atom. The summed E-state index contributed by atoms with van der Waals surface area (Å²) in [6.45, 7) is 8.14. The van der Waals surface area contributed by atoms with E-state index in [2.05, 4.69) is 4.90 Å². The number of amides is 1. The number of ketones is 1. The van der Waals surface area contributed by atoms with Gasteiger partial charge >= 0.3 is 0 Å². The second-order valence-corrected chi connectivity index (χ2v) is 8.11. The van der Waals surface area contributed by atoms with Gasteiger partial charge in [0.25, 0.3) is 11.7 Å². The van der Waals surface area contributed by atoms with Gasteiger partial charge in [-0.2, -0.15) is 0 Å². The lowest BCUT2D eigenvalue weighted by Gasteiger charge is -2.28. The third-order valence-corrected chi connectivity index (χ3v) is 5.87. The minimum absolute atomic E-state index is 0.0783. The number of nitrogens with zero attached hydrogens (tertiary/aromatic N) is 2. The zero-order valence-electron chi connectivity index (χ0n) is 18.0. The van der Waals surface area contributed by atoms with E-state index in [9.17, 15) is 14.7 Å². The van der Waals surface area contributed by atoms with Crippen molar-refractivity contribution in [3.05, 3.63) is 64.6 Å². The maximum Gasteiger partial charge on any atom is 0.295 e. The van der Waals surface area contributed by atoms with Crippen LogP contribution in [0, 0.1) is 13.8 Å². The Labute approximate surface area is 181 Å². The van der Waals surface area contributed by atoms with Crippen LogP contribution < -0.4 is 0 Å². The molecule has 7 nitrogen and oxygen atoms in total. The van der Waals surface area contributed by atoms with Crippen LogP contribution in [-0.4, -0.2) is 66.0 Å². The number of aliphatic hydroxyl groups excluding tert-OH is 1. The minimum atomic E-state index is -0.736. The van der Waals surface area contributed by atoms with Gasteiger partial charge in [0.2, 0.25) is 0 Å². The SMILES string of the molecule is Cc1ccc(/C(O)=C2\C(=O)C(=O)N(CCCN3CCOCC3)C2c2ccc(C)o2)cc1. The molecule has 0 bridgehead atoms. The van der Waals surface area contributed by atoms with Gasteiger partial charge in [0.1, 0.15) is 23.3 Å². The molecular formula is C24H28N2O5. The third-order valence-electron chi connectivity index (χ3n) is 5.87. The number of Topliss-reactive ketones (excluding diaryl/α,β-unsaturated/α-hetero) is 1. The van der Waals surface area contributed by atoms with Gasteiger partial charge in [-0.15, -0.1) is 0 Å². The van der Waals surface area contributed by atoms with E-state index in [1.807, 2.05) is 26.0 Å². The van der Waals surface area contributed by atoms with Gasteiger partial charge < -0.3 is 19.2 Å². The minimum Gasteiger partial charge on any atom is -0.507 e. The summed E-state index contributed by atoms with van der Waals surface area (Å²) in [6, 6.07) is 10.1. The fraction of sp³-hybridized carbons (Fsp3) is 0.417. The number of hydrogen-bond donors (Lipinski definition) is 1. The number of ether oxygens (including phenoxy) is 1.